The molecular formula is C14H22ClN3O3. The smallest absolute Gasteiger partial charge is 0.241 e. The van der Waals surface area contributed by atoms with Crippen LogP contribution in [0.5, 0.6) is 5.75 Å². The highest BCUT2D eigenvalue weighted by atomic mass is 35.5. The molecule has 2 amide bonds. The van der Waals surface area contributed by atoms with Gasteiger partial charge < -0.3 is 21.1 Å². The van der Waals surface area contributed by atoms with Crippen LogP contribution in [0.25, 0.3) is 0 Å². The third-order valence-electron chi connectivity index (χ3n) is 2.71. The van der Waals surface area contributed by atoms with E-state index in [9.17, 15) is 9.59 Å². The molecule has 0 aromatic heterocycles. The van der Waals surface area contributed by atoms with Gasteiger partial charge in [0.1, 0.15) is 5.75 Å². The zero-order chi connectivity index (χ0) is 15.1. The van der Waals surface area contributed by atoms with Crippen LogP contribution in [0.1, 0.15) is 26.7 Å². The van der Waals surface area contributed by atoms with E-state index >= 15 is 0 Å². The summed E-state index contributed by atoms with van der Waals surface area (Å²) in [7, 11) is 1.51. The fourth-order valence-corrected chi connectivity index (χ4v) is 1.75. The zero-order valence-electron chi connectivity index (χ0n) is 12.4. The van der Waals surface area contributed by atoms with E-state index in [1.807, 2.05) is 6.92 Å². The maximum atomic E-state index is 11.9. The maximum absolute atomic E-state index is 11.9. The number of nitrogens with one attached hydrogen (secondary N) is 2. The highest BCUT2D eigenvalue weighted by Gasteiger charge is 2.15. The molecule has 0 saturated heterocycles. The van der Waals surface area contributed by atoms with Gasteiger partial charge >= 0.3 is 0 Å². The molecule has 0 bridgehead atoms. The fraction of sp³-hybridized carbons (Fsp3) is 0.429. The quantitative estimate of drug-likeness (QED) is 0.749. The Kier molecular flexibility index (Phi) is 8.42. The summed E-state index contributed by atoms with van der Waals surface area (Å²) in [5, 5.41) is 5.37. The predicted molar refractivity (Wildman–Crippen MR) is 86.1 cm³/mol. The molecule has 118 valence electrons. The summed E-state index contributed by atoms with van der Waals surface area (Å²) in [4.78, 5) is 23.0. The van der Waals surface area contributed by atoms with Crippen molar-refractivity contribution >= 4 is 35.6 Å². The highest BCUT2D eigenvalue weighted by Crippen LogP contribution is 2.28. The van der Waals surface area contributed by atoms with Crippen molar-refractivity contribution in [1.29, 1.82) is 0 Å². The summed E-state index contributed by atoms with van der Waals surface area (Å²) >= 11 is 0. The maximum Gasteiger partial charge on any atom is 0.241 e. The number of methoxy groups -OCH3 is 1. The third kappa shape index (κ3) is 6.01. The minimum Gasteiger partial charge on any atom is -0.495 e. The van der Waals surface area contributed by atoms with Crippen molar-refractivity contribution in [2.75, 3.05) is 17.7 Å². The summed E-state index contributed by atoms with van der Waals surface area (Å²) in [6.07, 6.45) is 1.44. The fourth-order valence-electron chi connectivity index (χ4n) is 1.75. The molecule has 1 rings (SSSR count). The second-order valence-electron chi connectivity index (χ2n) is 4.48. The van der Waals surface area contributed by atoms with Crippen LogP contribution in [0.4, 0.5) is 11.4 Å². The largest absolute Gasteiger partial charge is 0.495 e. The van der Waals surface area contributed by atoms with Gasteiger partial charge in [-0.15, -0.1) is 12.4 Å². The minimum absolute atomic E-state index is 0. The predicted octanol–water partition coefficient (Wildman–Crippen LogP) is 2.14. The first-order valence-corrected chi connectivity index (χ1v) is 6.50. The topological polar surface area (TPSA) is 93.5 Å². The molecule has 0 radical (unpaired) electrons. The van der Waals surface area contributed by atoms with Gasteiger partial charge in [-0.3, -0.25) is 9.59 Å². The molecule has 0 spiro atoms. The second-order valence-corrected chi connectivity index (χ2v) is 4.48. The molecule has 0 aliphatic heterocycles. The second kappa shape index (κ2) is 9.20. The Balaban J connectivity index is 0.00000400. The van der Waals surface area contributed by atoms with E-state index in [4.69, 9.17) is 10.5 Å². The number of hydrogen-bond donors (Lipinski definition) is 3. The van der Waals surface area contributed by atoms with Crippen LogP contribution in [0.2, 0.25) is 0 Å². The molecular weight excluding hydrogens is 294 g/mol. The van der Waals surface area contributed by atoms with Gasteiger partial charge in [0.05, 0.1) is 18.8 Å². The summed E-state index contributed by atoms with van der Waals surface area (Å²) in [5.74, 6) is 0.0522. The van der Waals surface area contributed by atoms with E-state index in [-0.39, 0.29) is 24.2 Å². The number of carbonyl (C=O) groups is 2. The van der Waals surface area contributed by atoms with E-state index in [2.05, 4.69) is 10.6 Å². The van der Waals surface area contributed by atoms with Crippen LogP contribution in [-0.4, -0.2) is 25.0 Å². The Morgan fingerprint density at radius 2 is 2.00 bits per heavy atom. The van der Waals surface area contributed by atoms with Gasteiger partial charge in [-0.25, -0.2) is 0 Å². The third-order valence-corrected chi connectivity index (χ3v) is 2.71. The molecule has 7 heteroatoms. The number of amides is 2. The number of nitrogens with two attached hydrogens (primary N) is 1. The summed E-state index contributed by atoms with van der Waals surface area (Å²) < 4.78 is 5.18. The van der Waals surface area contributed by atoms with E-state index in [0.717, 1.165) is 6.42 Å². The van der Waals surface area contributed by atoms with Crippen LogP contribution in [0.15, 0.2) is 18.2 Å². The SMILES string of the molecule is CCCC(N)C(=O)Nc1cc(NC(C)=O)ccc1OC.Cl. The van der Waals surface area contributed by atoms with Crippen molar-refractivity contribution in [2.45, 2.75) is 32.7 Å². The molecule has 1 aromatic carbocycles. The lowest BCUT2D eigenvalue weighted by atomic mass is 10.1. The lowest BCUT2D eigenvalue weighted by molar-refractivity contribution is -0.117. The van der Waals surface area contributed by atoms with Gasteiger partial charge in [-0.2, -0.15) is 0 Å². The average Bonchev–Trinajstić information content (AvgIpc) is 2.38. The van der Waals surface area contributed by atoms with Crippen LogP contribution < -0.4 is 21.1 Å². The Labute approximate surface area is 130 Å². The minimum atomic E-state index is -0.561. The van der Waals surface area contributed by atoms with Gasteiger partial charge in [0.15, 0.2) is 0 Å². The molecule has 0 heterocycles. The van der Waals surface area contributed by atoms with Crippen molar-refractivity contribution in [1.82, 2.24) is 0 Å². The van der Waals surface area contributed by atoms with Crippen LogP contribution in [0.3, 0.4) is 0 Å². The first-order valence-electron chi connectivity index (χ1n) is 6.50. The number of rotatable bonds is 6. The summed E-state index contributed by atoms with van der Waals surface area (Å²) in [6, 6.07) is 4.44. The summed E-state index contributed by atoms with van der Waals surface area (Å²) in [6.45, 7) is 3.38. The lowest BCUT2D eigenvalue weighted by Crippen LogP contribution is -2.35. The first-order chi connectivity index (χ1) is 9.47. The van der Waals surface area contributed by atoms with Gasteiger partial charge in [0.2, 0.25) is 11.8 Å². The Morgan fingerprint density at radius 3 is 2.52 bits per heavy atom. The number of halogens is 1. The number of anilines is 2. The molecule has 0 fully saturated rings. The Hall–Kier alpha value is -1.79. The van der Waals surface area contributed by atoms with Crippen molar-refractivity contribution < 1.29 is 14.3 Å². The van der Waals surface area contributed by atoms with Crippen molar-refractivity contribution in [2.24, 2.45) is 5.73 Å². The number of benzene rings is 1. The van der Waals surface area contributed by atoms with E-state index in [1.165, 1.54) is 14.0 Å². The highest BCUT2D eigenvalue weighted by molar-refractivity contribution is 5.97. The first kappa shape index (κ1) is 19.2. The average molecular weight is 316 g/mol. The van der Waals surface area contributed by atoms with Crippen LogP contribution in [0, 0.1) is 0 Å². The number of hydrogen-bond acceptors (Lipinski definition) is 4. The Morgan fingerprint density at radius 1 is 1.33 bits per heavy atom. The van der Waals surface area contributed by atoms with Crippen molar-refractivity contribution in [3.05, 3.63) is 18.2 Å². The summed E-state index contributed by atoms with van der Waals surface area (Å²) in [5.41, 5.74) is 6.83. The Bertz CT molecular complexity index is 494. The molecule has 1 atom stereocenters. The molecule has 4 N–H and O–H groups in total. The zero-order valence-corrected chi connectivity index (χ0v) is 13.3. The van der Waals surface area contributed by atoms with E-state index < -0.39 is 6.04 Å². The lowest BCUT2D eigenvalue weighted by Gasteiger charge is -2.15. The van der Waals surface area contributed by atoms with Crippen molar-refractivity contribution in [3.8, 4) is 5.75 Å². The van der Waals surface area contributed by atoms with Gasteiger partial charge in [0, 0.05) is 12.6 Å². The molecule has 21 heavy (non-hydrogen) atoms. The van der Waals surface area contributed by atoms with Crippen LogP contribution in [-0.2, 0) is 9.59 Å². The van der Waals surface area contributed by atoms with E-state index in [0.29, 0.717) is 23.5 Å². The molecule has 0 saturated carbocycles. The number of ether oxygens (including phenoxy) is 1. The van der Waals surface area contributed by atoms with Gasteiger partial charge in [-0.1, -0.05) is 13.3 Å². The van der Waals surface area contributed by atoms with Crippen LogP contribution >= 0.6 is 12.4 Å². The molecule has 1 aromatic rings. The molecule has 0 aliphatic carbocycles. The van der Waals surface area contributed by atoms with Gasteiger partial charge in [-0.05, 0) is 24.6 Å². The van der Waals surface area contributed by atoms with E-state index in [1.54, 1.807) is 18.2 Å². The normalized spacial score (nSPS) is 11.0. The monoisotopic (exact) mass is 315 g/mol. The van der Waals surface area contributed by atoms with Crippen molar-refractivity contribution in [3.63, 3.8) is 0 Å². The molecule has 0 aliphatic rings. The standard InChI is InChI=1S/C14H21N3O3.ClH/c1-4-5-11(15)14(19)17-12-8-10(16-9(2)18)6-7-13(12)20-3;/h6-8,11H,4-5,15H2,1-3H3,(H,16,18)(H,17,19);1H. The molecule has 1 unspecified atom stereocenters. The number of carbonyl (C=O) groups excluding carboxylic acids is 2. The van der Waals surface area contributed by atoms with Gasteiger partial charge in [0.25, 0.3) is 0 Å². The molecule has 6 nitrogen and oxygen atoms in total.